The Morgan fingerprint density at radius 3 is 1.34 bits per heavy atom. The molecule has 0 radical (unpaired) electrons. The molecule has 1 aliphatic heterocycles. The lowest BCUT2D eigenvalue weighted by atomic mass is 9.98. The minimum atomic E-state index is -0.271. The average molecular weight is 785 g/mol. The summed E-state index contributed by atoms with van der Waals surface area (Å²) in [6.45, 7) is 0. The Kier molecular flexibility index (Phi) is 9.09. The molecule has 1 N–H and O–H groups in total. The van der Waals surface area contributed by atoms with Gasteiger partial charge in [0, 0.05) is 38.6 Å². The number of fused-ring (bicyclic) bond motifs is 3. The van der Waals surface area contributed by atoms with Gasteiger partial charge in [0.15, 0.2) is 23.3 Å². The van der Waals surface area contributed by atoms with Crippen LogP contribution in [0.3, 0.4) is 0 Å². The van der Waals surface area contributed by atoms with E-state index in [1.54, 1.807) is 0 Å². The van der Waals surface area contributed by atoms with Crippen LogP contribution in [0, 0.1) is 0 Å². The molecule has 2 aromatic heterocycles. The molecule has 61 heavy (non-hydrogen) atoms. The maximum Gasteiger partial charge on any atom is 0.164 e. The molecule has 1 atom stereocenters. The average Bonchev–Trinajstić information content (AvgIpc) is 3.72. The third-order valence-electron chi connectivity index (χ3n) is 11.0. The van der Waals surface area contributed by atoms with Gasteiger partial charge in [-0.25, -0.2) is 24.9 Å². The molecule has 0 saturated heterocycles. The molecule has 1 aliphatic rings. The van der Waals surface area contributed by atoms with E-state index in [1.165, 1.54) is 0 Å². The standard InChI is InChI=1S/C54H36N6O/c1-5-15-35(16-6-1)49-55-50(36-17-7-2-8-18-36)58-53(57-49)43-25-13-23-39(31-43)41-27-29-47-45(33-41)46-34-42(28-30-48(46)61-47)40-24-14-26-44(32-40)54-59-51(37-19-9-3-10-20-37)56-52(60-54)38-21-11-4-12-22-38/h1-34,49H,(H,55,57,58). The zero-order valence-corrected chi connectivity index (χ0v) is 32.9. The summed E-state index contributed by atoms with van der Waals surface area (Å²) in [6.07, 6.45) is -0.271. The summed E-state index contributed by atoms with van der Waals surface area (Å²) < 4.78 is 6.39. The largest absolute Gasteiger partial charge is 0.456 e. The maximum atomic E-state index is 6.39. The second-order valence-electron chi connectivity index (χ2n) is 15.0. The minimum absolute atomic E-state index is 0.271. The van der Waals surface area contributed by atoms with Crippen LogP contribution in [0.1, 0.15) is 22.9 Å². The summed E-state index contributed by atoms with van der Waals surface area (Å²) in [5.74, 6) is 3.35. The Morgan fingerprint density at radius 1 is 0.361 bits per heavy atom. The van der Waals surface area contributed by atoms with Gasteiger partial charge < -0.3 is 9.73 Å². The van der Waals surface area contributed by atoms with Gasteiger partial charge >= 0.3 is 0 Å². The Bertz CT molecular complexity index is 3210. The van der Waals surface area contributed by atoms with Gasteiger partial charge in [-0.15, -0.1) is 0 Å². The van der Waals surface area contributed by atoms with Crippen LogP contribution >= 0.6 is 0 Å². The normalized spacial score (nSPS) is 13.7. The van der Waals surface area contributed by atoms with Gasteiger partial charge in [-0.1, -0.05) is 170 Å². The van der Waals surface area contributed by atoms with Crippen LogP contribution in [0.4, 0.5) is 0 Å². The van der Waals surface area contributed by atoms with Crippen LogP contribution in [-0.2, 0) is 0 Å². The molecule has 1 unspecified atom stereocenters. The smallest absolute Gasteiger partial charge is 0.164 e. The highest BCUT2D eigenvalue weighted by Crippen LogP contribution is 2.36. The summed E-state index contributed by atoms with van der Waals surface area (Å²) >= 11 is 0. The fourth-order valence-electron chi connectivity index (χ4n) is 7.88. The third kappa shape index (κ3) is 7.15. The molecule has 3 heterocycles. The number of furan rings is 1. The number of benzene rings is 8. The molecule has 0 fully saturated rings. The lowest BCUT2D eigenvalue weighted by molar-refractivity contribution is 0.669. The number of aromatic nitrogens is 3. The van der Waals surface area contributed by atoms with Gasteiger partial charge in [0.05, 0.1) is 0 Å². The van der Waals surface area contributed by atoms with Crippen molar-refractivity contribution in [2.24, 2.45) is 9.98 Å². The van der Waals surface area contributed by atoms with Crippen molar-refractivity contribution in [3.05, 3.63) is 223 Å². The van der Waals surface area contributed by atoms with Crippen molar-refractivity contribution in [3.8, 4) is 56.4 Å². The van der Waals surface area contributed by atoms with E-state index >= 15 is 0 Å². The van der Waals surface area contributed by atoms with Crippen molar-refractivity contribution in [1.29, 1.82) is 0 Å². The molecule has 11 rings (SSSR count). The molecule has 0 saturated carbocycles. The fraction of sp³-hybridized carbons (Fsp3) is 0.0185. The van der Waals surface area contributed by atoms with Gasteiger partial charge in [-0.05, 0) is 64.2 Å². The Labute approximate surface area is 352 Å². The van der Waals surface area contributed by atoms with E-state index in [0.29, 0.717) is 23.3 Å². The lowest BCUT2D eigenvalue weighted by Crippen LogP contribution is -2.33. The second-order valence-corrected chi connectivity index (χ2v) is 15.0. The third-order valence-corrected chi connectivity index (χ3v) is 11.0. The highest BCUT2D eigenvalue weighted by atomic mass is 16.3. The van der Waals surface area contributed by atoms with Crippen molar-refractivity contribution in [2.75, 3.05) is 0 Å². The van der Waals surface area contributed by atoms with Gasteiger partial charge in [0.2, 0.25) is 0 Å². The lowest BCUT2D eigenvalue weighted by Gasteiger charge is -2.23. The number of amidine groups is 2. The monoisotopic (exact) mass is 784 g/mol. The zero-order chi connectivity index (χ0) is 40.5. The summed E-state index contributed by atoms with van der Waals surface area (Å²) in [6, 6.07) is 70.2. The van der Waals surface area contributed by atoms with E-state index in [-0.39, 0.29) is 6.17 Å². The highest BCUT2D eigenvalue weighted by Gasteiger charge is 2.21. The number of nitrogens with one attached hydrogen (secondary N) is 1. The molecule has 0 aliphatic carbocycles. The summed E-state index contributed by atoms with van der Waals surface area (Å²) in [7, 11) is 0. The Morgan fingerprint density at radius 2 is 0.787 bits per heavy atom. The van der Waals surface area contributed by atoms with Gasteiger partial charge in [0.25, 0.3) is 0 Å². The summed E-state index contributed by atoms with van der Waals surface area (Å²) in [4.78, 5) is 25.0. The van der Waals surface area contributed by atoms with E-state index in [2.05, 4.69) is 115 Å². The molecule has 10 aromatic rings. The molecule has 0 spiro atoms. The van der Waals surface area contributed by atoms with Crippen LogP contribution in [0.25, 0.3) is 78.4 Å². The molecule has 0 bridgehead atoms. The van der Waals surface area contributed by atoms with Crippen LogP contribution in [0.2, 0.25) is 0 Å². The van der Waals surface area contributed by atoms with Crippen LogP contribution in [-0.4, -0.2) is 26.6 Å². The summed E-state index contributed by atoms with van der Waals surface area (Å²) in [5, 5.41) is 5.64. The highest BCUT2D eigenvalue weighted by molar-refractivity contribution is 6.13. The first kappa shape index (κ1) is 35.8. The van der Waals surface area contributed by atoms with Gasteiger partial charge in [0.1, 0.15) is 23.2 Å². The Balaban J connectivity index is 0.951. The van der Waals surface area contributed by atoms with E-state index in [4.69, 9.17) is 29.4 Å². The molecule has 0 amide bonds. The topological polar surface area (TPSA) is 88.6 Å². The van der Waals surface area contributed by atoms with E-state index in [0.717, 1.165) is 83.4 Å². The first-order valence-electron chi connectivity index (χ1n) is 20.3. The zero-order valence-electron chi connectivity index (χ0n) is 32.9. The van der Waals surface area contributed by atoms with E-state index in [1.807, 2.05) is 97.1 Å². The quantitative estimate of drug-likeness (QED) is 0.166. The Hall–Kier alpha value is -8.29. The number of aliphatic imine (C=N–C) groups is 2. The molecular weight excluding hydrogens is 749 g/mol. The predicted molar refractivity (Wildman–Crippen MR) is 246 cm³/mol. The van der Waals surface area contributed by atoms with Crippen molar-refractivity contribution in [3.63, 3.8) is 0 Å². The van der Waals surface area contributed by atoms with Crippen LogP contribution in [0.5, 0.6) is 0 Å². The molecule has 288 valence electrons. The second kappa shape index (κ2) is 15.5. The predicted octanol–water partition coefficient (Wildman–Crippen LogP) is 12.6. The van der Waals surface area contributed by atoms with E-state index in [9.17, 15) is 0 Å². The number of nitrogens with zero attached hydrogens (tertiary/aromatic N) is 5. The number of hydrogen-bond acceptors (Lipinski definition) is 7. The first-order valence-corrected chi connectivity index (χ1v) is 20.3. The fourth-order valence-corrected chi connectivity index (χ4v) is 7.88. The first-order chi connectivity index (χ1) is 30.2. The minimum Gasteiger partial charge on any atom is -0.456 e. The van der Waals surface area contributed by atoms with Crippen molar-refractivity contribution < 1.29 is 4.42 Å². The van der Waals surface area contributed by atoms with E-state index < -0.39 is 0 Å². The molecular formula is C54H36N6O. The maximum absolute atomic E-state index is 6.39. The number of rotatable bonds is 8. The molecule has 8 aromatic carbocycles. The molecule has 7 heteroatoms. The summed E-state index contributed by atoms with van der Waals surface area (Å²) in [5.41, 5.74) is 11.7. The SMILES string of the molecule is c1ccc(C2=NC(c3cccc(-c4ccc5oc6ccc(-c7cccc(-c8nc(-c9ccccc9)nc(-c9ccccc9)n8)c7)cc6c5c4)c3)=NC(c3ccccc3)N2)cc1. The van der Waals surface area contributed by atoms with Gasteiger partial charge in [-0.2, -0.15) is 0 Å². The van der Waals surface area contributed by atoms with Crippen LogP contribution < -0.4 is 5.32 Å². The van der Waals surface area contributed by atoms with Gasteiger partial charge in [-0.3, -0.25) is 0 Å². The number of hydrogen-bond donors (Lipinski definition) is 1. The molecule has 7 nitrogen and oxygen atoms in total. The van der Waals surface area contributed by atoms with Crippen molar-refractivity contribution in [1.82, 2.24) is 20.3 Å². The van der Waals surface area contributed by atoms with Crippen molar-refractivity contribution >= 4 is 33.6 Å². The van der Waals surface area contributed by atoms with Crippen LogP contribution in [0.15, 0.2) is 221 Å². The van der Waals surface area contributed by atoms with Crippen molar-refractivity contribution in [2.45, 2.75) is 6.17 Å².